The highest BCUT2D eigenvalue weighted by Gasteiger charge is 2.48. The van der Waals surface area contributed by atoms with Gasteiger partial charge in [-0.05, 0) is 11.6 Å². The van der Waals surface area contributed by atoms with Gasteiger partial charge in [0.1, 0.15) is 5.76 Å². The van der Waals surface area contributed by atoms with Crippen LogP contribution in [-0.2, 0) is 9.59 Å². The number of hydrogen-bond donors (Lipinski definition) is 1. The van der Waals surface area contributed by atoms with Crippen molar-refractivity contribution in [3.63, 3.8) is 0 Å². The summed E-state index contributed by atoms with van der Waals surface area (Å²) in [6, 6.07) is 14.2. The van der Waals surface area contributed by atoms with Gasteiger partial charge in [-0.1, -0.05) is 42.5 Å². The second-order valence-corrected chi connectivity index (χ2v) is 6.44. The van der Waals surface area contributed by atoms with Crippen LogP contribution in [0.3, 0.4) is 0 Å². The van der Waals surface area contributed by atoms with Crippen molar-refractivity contribution in [3.05, 3.63) is 99.9 Å². The van der Waals surface area contributed by atoms with Crippen molar-refractivity contribution in [2.45, 2.75) is 6.04 Å². The van der Waals surface area contributed by atoms with E-state index in [4.69, 9.17) is 0 Å². The molecule has 2 aromatic carbocycles. The van der Waals surface area contributed by atoms with Crippen LogP contribution in [0.1, 0.15) is 17.2 Å². The largest absolute Gasteiger partial charge is 0.507 e. The zero-order chi connectivity index (χ0) is 21.3. The third kappa shape index (κ3) is 3.18. The van der Waals surface area contributed by atoms with E-state index in [1.54, 1.807) is 36.4 Å². The summed E-state index contributed by atoms with van der Waals surface area (Å²) >= 11 is 0. The van der Waals surface area contributed by atoms with Crippen molar-refractivity contribution in [2.24, 2.45) is 0 Å². The lowest BCUT2D eigenvalue weighted by atomic mass is 9.95. The molecule has 3 aromatic rings. The van der Waals surface area contributed by atoms with Gasteiger partial charge in [-0.2, -0.15) is 0 Å². The lowest BCUT2D eigenvalue weighted by Crippen LogP contribution is -2.31. The number of aromatic nitrogens is 2. The van der Waals surface area contributed by atoms with Crippen LogP contribution >= 0.6 is 0 Å². The van der Waals surface area contributed by atoms with E-state index < -0.39 is 22.7 Å². The molecule has 0 spiro atoms. The van der Waals surface area contributed by atoms with Crippen molar-refractivity contribution in [1.29, 1.82) is 0 Å². The molecule has 1 fully saturated rings. The van der Waals surface area contributed by atoms with Crippen LogP contribution < -0.4 is 4.90 Å². The number of hydrogen-bond acceptors (Lipinski definition) is 7. The van der Waals surface area contributed by atoms with E-state index in [2.05, 4.69) is 9.97 Å². The highest BCUT2D eigenvalue weighted by atomic mass is 16.6. The monoisotopic (exact) mass is 402 g/mol. The molecule has 1 saturated heterocycles. The van der Waals surface area contributed by atoms with E-state index in [0.717, 1.165) is 4.90 Å². The Morgan fingerprint density at radius 2 is 1.70 bits per heavy atom. The average Bonchev–Trinajstić information content (AvgIpc) is 3.05. The Morgan fingerprint density at radius 3 is 2.37 bits per heavy atom. The van der Waals surface area contributed by atoms with Gasteiger partial charge in [-0.15, -0.1) is 0 Å². The molecule has 1 aliphatic heterocycles. The SMILES string of the molecule is O=C1C(=O)N(c2ncccn2)C(c2cccc([N+](=O)[O-])c2)/C1=C(/O)c1ccccc1. The summed E-state index contributed by atoms with van der Waals surface area (Å²) in [5.74, 6) is -2.30. The summed E-state index contributed by atoms with van der Waals surface area (Å²) in [4.78, 5) is 45.6. The van der Waals surface area contributed by atoms with Crippen LogP contribution in [0, 0.1) is 10.1 Å². The van der Waals surface area contributed by atoms with Gasteiger partial charge in [-0.25, -0.2) is 9.97 Å². The topological polar surface area (TPSA) is 127 Å². The van der Waals surface area contributed by atoms with Crippen LogP contribution in [0.15, 0.2) is 78.6 Å². The number of carbonyl (C=O) groups is 2. The number of nitro groups is 1. The van der Waals surface area contributed by atoms with Gasteiger partial charge in [0.25, 0.3) is 11.5 Å². The zero-order valence-electron chi connectivity index (χ0n) is 15.4. The maximum atomic E-state index is 12.9. The fourth-order valence-corrected chi connectivity index (χ4v) is 3.33. The molecule has 4 rings (SSSR count). The van der Waals surface area contributed by atoms with Gasteiger partial charge < -0.3 is 5.11 Å². The van der Waals surface area contributed by atoms with Crippen LogP contribution in [0.5, 0.6) is 0 Å². The molecule has 0 bridgehead atoms. The van der Waals surface area contributed by atoms with E-state index in [-0.39, 0.29) is 28.5 Å². The van der Waals surface area contributed by atoms with E-state index in [9.17, 15) is 24.8 Å². The predicted octanol–water partition coefficient (Wildman–Crippen LogP) is 3.01. The quantitative estimate of drug-likeness (QED) is 0.234. The number of nitrogens with zero attached hydrogens (tertiary/aromatic N) is 4. The van der Waals surface area contributed by atoms with E-state index in [1.165, 1.54) is 36.7 Å². The smallest absolute Gasteiger partial charge is 0.302 e. The van der Waals surface area contributed by atoms with Crippen molar-refractivity contribution in [2.75, 3.05) is 4.90 Å². The number of rotatable bonds is 4. The Morgan fingerprint density at radius 1 is 1.00 bits per heavy atom. The summed E-state index contributed by atoms with van der Waals surface area (Å²) < 4.78 is 0. The first kappa shape index (κ1) is 18.9. The van der Waals surface area contributed by atoms with Crippen molar-refractivity contribution >= 4 is 29.1 Å². The number of nitro benzene ring substituents is 1. The molecule has 9 heteroatoms. The maximum absolute atomic E-state index is 12.9. The van der Waals surface area contributed by atoms with Crippen LogP contribution in [0.2, 0.25) is 0 Å². The third-order valence-corrected chi connectivity index (χ3v) is 4.66. The molecule has 1 aromatic heterocycles. The molecule has 148 valence electrons. The number of Topliss-reactive ketones (excluding diaryl/α,β-unsaturated/α-hetero) is 1. The molecule has 2 heterocycles. The number of non-ortho nitro benzene ring substituents is 1. The molecular formula is C21H14N4O5. The van der Waals surface area contributed by atoms with Gasteiger partial charge in [-0.3, -0.25) is 24.6 Å². The Bertz CT molecular complexity index is 1180. The van der Waals surface area contributed by atoms with Crippen LogP contribution in [-0.4, -0.2) is 31.7 Å². The molecule has 1 N–H and O–H groups in total. The second kappa shape index (κ2) is 7.55. The lowest BCUT2D eigenvalue weighted by molar-refractivity contribution is -0.384. The van der Waals surface area contributed by atoms with Crippen molar-refractivity contribution < 1.29 is 19.6 Å². The van der Waals surface area contributed by atoms with Crippen molar-refractivity contribution in [3.8, 4) is 0 Å². The number of ketones is 1. The van der Waals surface area contributed by atoms with Gasteiger partial charge in [0.05, 0.1) is 16.5 Å². The number of anilines is 1. The summed E-state index contributed by atoms with van der Waals surface area (Å²) in [5, 5.41) is 22.1. The molecule has 0 radical (unpaired) electrons. The fraction of sp³-hybridized carbons (Fsp3) is 0.0476. The highest BCUT2D eigenvalue weighted by molar-refractivity contribution is 6.51. The van der Waals surface area contributed by atoms with Gasteiger partial charge in [0.2, 0.25) is 5.95 Å². The number of benzene rings is 2. The third-order valence-electron chi connectivity index (χ3n) is 4.66. The zero-order valence-corrected chi connectivity index (χ0v) is 15.4. The number of aliphatic hydroxyl groups is 1. The van der Waals surface area contributed by atoms with Gasteiger partial charge in [0.15, 0.2) is 0 Å². The second-order valence-electron chi connectivity index (χ2n) is 6.44. The number of aliphatic hydroxyl groups excluding tert-OH is 1. The van der Waals surface area contributed by atoms with Crippen molar-refractivity contribution in [1.82, 2.24) is 9.97 Å². The Kier molecular flexibility index (Phi) is 4.77. The fourth-order valence-electron chi connectivity index (χ4n) is 3.33. The molecule has 0 saturated carbocycles. The minimum absolute atomic E-state index is 0.0526. The van der Waals surface area contributed by atoms with Crippen LogP contribution in [0.25, 0.3) is 5.76 Å². The number of amides is 1. The number of carbonyl (C=O) groups excluding carboxylic acids is 2. The summed E-state index contributed by atoms with van der Waals surface area (Å²) in [5.41, 5.74) is 0.194. The van der Waals surface area contributed by atoms with Gasteiger partial charge in [0, 0.05) is 30.1 Å². The minimum Gasteiger partial charge on any atom is -0.507 e. The minimum atomic E-state index is -1.13. The molecule has 30 heavy (non-hydrogen) atoms. The summed E-state index contributed by atoms with van der Waals surface area (Å²) in [6.07, 6.45) is 2.81. The summed E-state index contributed by atoms with van der Waals surface area (Å²) in [7, 11) is 0. The molecule has 1 unspecified atom stereocenters. The molecular weight excluding hydrogens is 388 g/mol. The summed E-state index contributed by atoms with van der Waals surface area (Å²) in [6.45, 7) is 0. The molecule has 1 atom stereocenters. The molecule has 1 aliphatic rings. The molecule has 9 nitrogen and oxygen atoms in total. The van der Waals surface area contributed by atoms with E-state index in [1.807, 2.05) is 0 Å². The standard InChI is InChI=1S/C21H14N4O5/c26-18(13-6-2-1-3-7-13)16-17(14-8-4-9-15(12-14)25(29)30)24(20(28)19(16)27)21-22-10-5-11-23-21/h1-12,17,26H/b18-16-. The Hall–Kier alpha value is -4.40. The molecule has 0 aliphatic carbocycles. The predicted molar refractivity (Wildman–Crippen MR) is 106 cm³/mol. The highest BCUT2D eigenvalue weighted by Crippen LogP contribution is 2.41. The first-order chi connectivity index (χ1) is 14.5. The Balaban J connectivity index is 1.97. The first-order valence-electron chi connectivity index (χ1n) is 8.87. The van der Waals surface area contributed by atoms with E-state index >= 15 is 0 Å². The average molecular weight is 402 g/mol. The first-order valence-corrected chi connectivity index (χ1v) is 8.87. The van der Waals surface area contributed by atoms with Gasteiger partial charge >= 0.3 is 5.91 Å². The molecule has 1 amide bonds. The lowest BCUT2D eigenvalue weighted by Gasteiger charge is -2.23. The van der Waals surface area contributed by atoms with E-state index in [0.29, 0.717) is 5.56 Å². The maximum Gasteiger partial charge on any atom is 0.302 e. The Labute approximate surface area is 170 Å². The van der Waals surface area contributed by atoms with Crippen LogP contribution in [0.4, 0.5) is 11.6 Å². The normalized spacial score (nSPS) is 17.9.